The molecule has 1 aromatic heterocycles. The summed E-state index contributed by atoms with van der Waals surface area (Å²) in [7, 11) is 1.98. The van der Waals surface area contributed by atoms with Crippen LogP contribution >= 0.6 is 0 Å². The maximum Gasteiger partial charge on any atom is 0.237 e. The van der Waals surface area contributed by atoms with Gasteiger partial charge in [0.25, 0.3) is 0 Å². The van der Waals surface area contributed by atoms with Gasteiger partial charge >= 0.3 is 0 Å². The molecular formula is C18H27N3O3. The highest BCUT2D eigenvalue weighted by Crippen LogP contribution is 2.31. The fourth-order valence-corrected chi connectivity index (χ4v) is 3.38. The van der Waals surface area contributed by atoms with Crippen LogP contribution in [0.25, 0.3) is 0 Å². The molecule has 1 amide bonds. The van der Waals surface area contributed by atoms with Crippen LogP contribution in [0, 0.1) is 0 Å². The smallest absolute Gasteiger partial charge is 0.237 e. The van der Waals surface area contributed by atoms with Crippen LogP contribution in [0.4, 0.5) is 0 Å². The molecule has 0 aromatic carbocycles. The molecule has 3 atom stereocenters. The first-order valence-corrected chi connectivity index (χ1v) is 8.74. The highest BCUT2D eigenvalue weighted by Gasteiger charge is 2.47. The van der Waals surface area contributed by atoms with E-state index in [4.69, 9.17) is 9.47 Å². The summed E-state index contributed by atoms with van der Waals surface area (Å²) in [6.07, 6.45) is 5.22. The molecule has 0 radical (unpaired) electrons. The molecule has 6 heteroatoms. The predicted octanol–water partition coefficient (Wildman–Crippen LogP) is 1.56. The Morgan fingerprint density at radius 2 is 2.38 bits per heavy atom. The number of rotatable bonds is 5. The minimum atomic E-state index is -0.132. The number of aromatic nitrogens is 1. The highest BCUT2D eigenvalue weighted by atomic mass is 16.5. The van der Waals surface area contributed by atoms with Gasteiger partial charge < -0.3 is 14.4 Å². The Morgan fingerprint density at radius 3 is 3.08 bits per heavy atom. The maximum absolute atomic E-state index is 12.8. The van der Waals surface area contributed by atoms with E-state index in [1.165, 1.54) is 0 Å². The van der Waals surface area contributed by atoms with Crippen molar-refractivity contribution >= 4 is 5.91 Å². The fourth-order valence-electron chi connectivity index (χ4n) is 3.38. The first kappa shape index (κ1) is 17.2. The highest BCUT2D eigenvalue weighted by molar-refractivity contribution is 5.79. The molecule has 0 aliphatic carbocycles. The van der Waals surface area contributed by atoms with Gasteiger partial charge in [0.2, 0.25) is 5.91 Å². The molecule has 1 aromatic rings. The lowest BCUT2D eigenvalue weighted by Crippen LogP contribution is -2.47. The molecule has 0 spiro atoms. The van der Waals surface area contributed by atoms with Gasteiger partial charge in [-0.15, -0.1) is 0 Å². The van der Waals surface area contributed by atoms with E-state index in [0.29, 0.717) is 19.1 Å². The molecule has 2 aliphatic rings. The number of amides is 1. The lowest BCUT2D eigenvalue weighted by atomic mass is 10.0. The average Bonchev–Trinajstić information content (AvgIpc) is 2.94. The van der Waals surface area contributed by atoms with Crippen molar-refractivity contribution in [2.75, 3.05) is 26.7 Å². The Morgan fingerprint density at radius 1 is 1.54 bits per heavy atom. The van der Waals surface area contributed by atoms with Crippen LogP contribution in [0.5, 0.6) is 5.75 Å². The van der Waals surface area contributed by atoms with Gasteiger partial charge in [-0.25, -0.2) is 0 Å². The molecular weight excluding hydrogens is 306 g/mol. The van der Waals surface area contributed by atoms with E-state index in [-0.39, 0.29) is 24.2 Å². The largest absolute Gasteiger partial charge is 0.484 e. The van der Waals surface area contributed by atoms with Crippen molar-refractivity contribution in [3.63, 3.8) is 0 Å². The van der Waals surface area contributed by atoms with Crippen molar-refractivity contribution in [3.05, 3.63) is 24.5 Å². The Hall–Kier alpha value is -1.66. The van der Waals surface area contributed by atoms with Crippen LogP contribution in [0.3, 0.4) is 0 Å². The summed E-state index contributed by atoms with van der Waals surface area (Å²) in [6, 6.07) is 4.21. The predicted molar refractivity (Wildman–Crippen MR) is 90.9 cm³/mol. The van der Waals surface area contributed by atoms with Gasteiger partial charge in [-0.05, 0) is 45.9 Å². The van der Waals surface area contributed by atoms with E-state index in [9.17, 15) is 4.79 Å². The van der Waals surface area contributed by atoms with E-state index >= 15 is 0 Å². The number of hydrogen-bond donors (Lipinski definition) is 0. The standard InChI is InChI=1S/C18H27N3O3/c1-13(2)20(3)12-17(22)21-11-16(18-15(21)7-5-9-23-18)24-14-6-4-8-19-10-14/h4,6,8,10,13,15-16,18H,5,7,9,11-12H2,1-3H3/t15-,16+,18+/m1/s1. The van der Waals surface area contributed by atoms with Crippen LogP contribution in [0.2, 0.25) is 0 Å². The van der Waals surface area contributed by atoms with E-state index in [2.05, 4.69) is 23.7 Å². The molecule has 132 valence electrons. The quantitative estimate of drug-likeness (QED) is 0.818. The van der Waals surface area contributed by atoms with Gasteiger partial charge in [0, 0.05) is 18.8 Å². The van der Waals surface area contributed by atoms with Crippen LogP contribution < -0.4 is 4.74 Å². The van der Waals surface area contributed by atoms with E-state index in [1.807, 2.05) is 24.1 Å². The summed E-state index contributed by atoms with van der Waals surface area (Å²) in [5.41, 5.74) is 0. The lowest BCUT2D eigenvalue weighted by molar-refractivity contribution is -0.136. The molecule has 24 heavy (non-hydrogen) atoms. The summed E-state index contributed by atoms with van der Waals surface area (Å²) in [5.74, 6) is 0.882. The molecule has 0 bridgehead atoms. The minimum Gasteiger partial charge on any atom is -0.484 e. The molecule has 0 unspecified atom stereocenters. The molecule has 2 fully saturated rings. The van der Waals surface area contributed by atoms with Crippen molar-refractivity contribution in [2.45, 2.75) is 51.0 Å². The van der Waals surface area contributed by atoms with Gasteiger partial charge in [0.1, 0.15) is 18.0 Å². The topological polar surface area (TPSA) is 54.9 Å². The normalized spacial score (nSPS) is 26.7. The van der Waals surface area contributed by atoms with Crippen LogP contribution in [-0.2, 0) is 9.53 Å². The number of carbonyl (C=O) groups excluding carboxylic acids is 1. The summed E-state index contributed by atoms with van der Waals surface area (Å²) >= 11 is 0. The second-order valence-corrected chi connectivity index (χ2v) is 6.94. The SMILES string of the molecule is CC(C)N(C)CC(=O)N1C[C@H](Oc2cccnc2)[C@H]2OCCC[C@H]21. The molecule has 2 aliphatic heterocycles. The van der Waals surface area contributed by atoms with Crippen LogP contribution in [0.1, 0.15) is 26.7 Å². The number of pyridine rings is 1. The Labute approximate surface area is 143 Å². The van der Waals surface area contributed by atoms with Gasteiger partial charge in [-0.1, -0.05) is 0 Å². The van der Waals surface area contributed by atoms with Crippen molar-refractivity contribution in [1.82, 2.24) is 14.8 Å². The zero-order valence-electron chi connectivity index (χ0n) is 14.7. The summed E-state index contributed by atoms with van der Waals surface area (Å²) in [4.78, 5) is 20.9. The third-order valence-electron chi connectivity index (χ3n) is 4.99. The summed E-state index contributed by atoms with van der Waals surface area (Å²) < 4.78 is 12.0. The first-order chi connectivity index (χ1) is 11.6. The van der Waals surface area contributed by atoms with Gasteiger partial charge in [0.05, 0.1) is 25.3 Å². The minimum absolute atomic E-state index is 0.0488. The number of likely N-dealkylation sites (N-methyl/N-ethyl adjacent to an activating group) is 1. The third kappa shape index (κ3) is 3.70. The van der Waals surface area contributed by atoms with Crippen molar-refractivity contribution in [1.29, 1.82) is 0 Å². The van der Waals surface area contributed by atoms with Crippen molar-refractivity contribution in [2.24, 2.45) is 0 Å². The molecule has 2 saturated heterocycles. The average molecular weight is 333 g/mol. The molecule has 0 saturated carbocycles. The number of ether oxygens (including phenoxy) is 2. The monoisotopic (exact) mass is 333 g/mol. The zero-order valence-corrected chi connectivity index (χ0v) is 14.7. The Bertz CT molecular complexity index is 552. The lowest BCUT2D eigenvalue weighted by Gasteiger charge is -2.33. The van der Waals surface area contributed by atoms with Crippen molar-refractivity contribution in [3.8, 4) is 5.75 Å². The summed E-state index contributed by atoms with van der Waals surface area (Å²) in [6.45, 7) is 5.94. The van der Waals surface area contributed by atoms with Gasteiger partial charge in [-0.3, -0.25) is 14.7 Å². The van der Waals surface area contributed by atoms with E-state index in [1.54, 1.807) is 12.4 Å². The molecule has 3 rings (SSSR count). The maximum atomic E-state index is 12.8. The van der Waals surface area contributed by atoms with Crippen LogP contribution in [0.15, 0.2) is 24.5 Å². The first-order valence-electron chi connectivity index (χ1n) is 8.74. The number of nitrogens with zero attached hydrogens (tertiary/aromatic N) is 3. The second-order valence-electron chi connectivity index (χ2n) is 6.94. The van der Waals surface area contributed by atoms with Crippen molar-refractivity contribution < 1.29 is 14.3 Å². The zero-order chi connectivity index (χ0) is 17.1. The second kappa shape index (κ2) is 7.49. The van der Waals surface area contributed by atoms with Crippen LogP contribution in [-0.4, -0.2) is 71.7 Å². The summed E-state index contributed by atoms with van der Waals surface area (Å²) in [5, 5.41) is 0. The van der Waals surface area contributed by atoms with Gasteiger partial charge in [-0.2, -0.15) is 0 Å². The van der Waals surface area contributed by atoms with Gasteiger partial charge in [0.15, 0.2) is 0 Å². The molecule has 6 nitrogen and oxygen atoms in total. The Balaban J connectivity index is 1.70. The number of hydrogen-bond acceptors (Lipinski definition) is 5. The fraction of sp³-hybridized carbons (Fsp3) is 0.667. The number of carbonyl (C=O) groups is 1. The number of fused-ring (bicyclic) bond motifs is 1. The van der Waals surface area contributed by atoms with E-state index in [0.717, 1.165) is 25.2 Å². The van der Waals surface area contributed by atoms with E-state index < -0.39 is 0 Å². The number of likely N-dealkylation sites (tertiary alicyclic amines) is 1. The Kier molecular flexibility index (Phi) is 5.36. The molecule has 0 N–H and O–H groups in total. The third-order valence-corrected chi connectivity index (χ3v) is 4.99. The molecule has 3 heterocycles.